The van der Waals surface area contributed by atoms with Crippen molar-refractivity contribution in [1.29, 1.82) is 0 Å². The van der Waals surface area contributed by atoms with Crippen LogP contribution < -0.4 is 10.0 Å². The molecule has 30 heavy (non-hydrogen) atoms. The highest BCUT2D eigenvalue weighted by atomic mass is 32.2. The first-order chi connectivity index (χ1) is 14.0. The summed E-state index contributed by atoms with van der Waals surface area (Å²) in [6.45, 7) is 0.849. The Morgan fingerprint density at radius 1 is 1.00 bits per heavy atom. The minimum absolute atomic E-state index is 0.0885. The van der Waals surface area contributed by atoms with E-state index in [1.165, 1.54) is 19.2 Å². The van der Waals surface area contributed by atoms with Crippen LogP contribution in [-0.2, 0) is 35.0 Å². The van der Waals surface area contributed by atoms with Gasteiger partial charge in [0.25, 0.3) is 0 Å². The van der Waals surface area contributed by atoms with Crippen LogP contribution in [0.15, 0.2) is 53.5 Å². The number of sulfonamides is 1. The zero-order valence-corrected chi connectivity index (χ0v) is 17.8. The fourth-order valence-electron chi connectivity index (χ4n) is 2.76. The standard InChI is InChI=1S/C20H25F3N4O2S/c1-24-19(27(3)13-16-8-10-18(11-9-16)20(21,22)23)26-12-15-4-6-17(7-5-15)14-30(28,29)25-2/h4-11,25H,12-14H2,1-3H3,(H,24,26). The van der Waals surface area contributed by atoms with Crippen LogP contribution >= 0.6 is 0 Å². The van der Waals surface area contributed by atoms with E-state index in [9.17, 15) is 21.6 Å². The maximum absolute atomic E-state index is 12.7. The van der Waals surface area contributed by atoms with Gasteiger partial charge in [0, 0.05) is 27.2 Å². The first-order valence-electron chi connectivity index (χ1n) is 9.11. The first-order valence-corrected chi connectivity index (χ1v) is 10.8. The fraction of sp³-hybridized carbons (Fsp3) is 0.350. The van der Waals surface area contributed by atoms with E-state index in [1.54, 1.807) is 31.1 Å². The molecule has 164 valence electrons. The molecule has 2 N–H and O–H groups in total. The van der Waals surface area contributed by atoms with Gasteiger partial charge >= 0.3 is 6.18 Å². The number of aliphatic imine (C=N–C) groups is 1. The molecule has 0 saturated carbocycles. The number of halogens is 3. The van der Waals surface area contributed by atoms with E-state index in [0.29, 0.717) is 24.6 Å². The Bertz CT molecular complexity index is 957. The number of hydrogen-bond donors (Lipinski definition) is 2. The van der Waals surface area contributed by atoms with E-state index in [-0.39, 0.29) is 5.75 Å². The maximum Gasteiger partial charge on any atom is 0.416 e. The summed E-state index contributed by atoms with van der Waals surface area (Å²) in [6, 6.07) is 12.2. The van der Waals surface area contributed by atoms with Gasteiger partial charge in [-0.1, -0.05) is 36.4 Å². The molecule has 0 aliphatic rings. The van der Waals surface area contributed by atoms with Crippen molar-refractivity contribution in [3.63, 3.8) is 0 Å². The normalized spacial score (nSPS) is 12.7. The summed E-state index contributed by atoms with van der Waals surface area (Å²) in [6.07, 6.45) is -4.35. The summed E-state index contributed by atoms with van der Waals surface area (Å²) in [5.41, 5.74) is 1.66. The van der Waals surface area contributed by atoms with Crippen LogP contribution in [0.2, 0.25) is 0 Å². The SMILES string of the molecule is CN=C(NCc1ccc(CS(=O)(=O)NC)cc1)N(C)Cc1ccc(C(F)(F)F)cc1. The van der Waals surface area contributed by atoms with E-state index in [0.717, 1.165) is 23.3 Å². The van der Waals surface area contributed by atoms with Gasteiger partial charge in [0.2, 0.25) is 10.0 Å². The lowest BCUT2D eigenvalue weighted by Crippen LogP contribution is -2.38. The van der Waals surface area contributed by atoms with E-state index < -0.39 is 21.8 Å². The highest BCUT2D eigenvalue weighted by Gasteiger charge is 2.29. The number of guanidine groups is 1. The van der Waals surface area contributed by atoms with E-state index in [4.69, 9.17) is 0 Å². The van der Waals surface area contributed by atoms with Crippen LogP contribution in [0.3, 0.4) is 0 Å². The lowest BCUT2D eigenvalue weighted by Gasteiger charge is -2.22. The molecule has 2 aromatic rings. The Balaban J connectivity index is 1.93. The van der Waals surface area contributed by atoms with Crippen molar-refractivity contribution >= 4 is 16.0 Å². The molecule has 2 rings (SSSR count). The average Bonchev–Trinajstić information content (AvgIpc) is 2.69. The second-order valence-corrected chi connectivity index (χ2v) is 8.66. The van der Waals surface area contributed by atoms with E-state index in [2.05, 4.69) is 15.0 Å². The predicted molar refractivity (Wildman–Crippen MR) is 111 cm³/mol. The fourth-order valence-corrected chi connectivity index (χ4v) is 3.53. The van der Waals surface area contributed by atoms with Crippen LogP contribution in [0, 0.1) is 0 Å². The van der Waals surface area contributed by atoms with Gasteiger partial charge in [0.1, 0.15) is 0 Å². The van der Waals surface area contributed by atoms with Gasteiger partial charge in [-0.05, 0) is 35.9 Å². The van der Waals surface area contributed by atoms with Gasteiger partial charge < -0.3 is 10.2 Å². The summed E-state index contributed by atoms with van der Waals surface area (Å²) in [7, 11) is 1.47. The van der Waals surface area contributed by atoms with Gasteiger partial charge in [-0.2, -0.15) is 13.2 Å². The second-order valence-electron chi connectivity index (χ2n) is 6.73. The highest BCUT2D eigenvalue weighted by molar-refractivity contribution is 7.88. The summed E-state index contributed by atoms with van der Waals surface area (Å²) in [5, 5.41) is 3.19. The van der Waals surface area contributed by atoms with Crippen molar-refractivity contribution in [2.45, 2.75) is 25.0 Å². The molecule has 2 aromatic carbocycles. The third kappa shape index (κ3) is 7.03. The molecule has 0 aliphatic heterocycles. The summed E-state index contributed by atoms with van der Waals surface area (Å²) < 4.78 is 63.5. The summed E-state index contributed by atoms with van der Waals surface area (Å²) in [4.78, 5) is 6.00. The minimum Gasteiger partial charge on any atom is -0.352 e. The third-order valence-electron chi connectivity index (χ3n) is 4.42. The smallest absolute Gasteiger partial charge is 0.352 e. The van der Waals surface area contributed by atoms with Crippen molar-refractivity contribution in [2.24, 2.45) is 4.99 Å². The van der Waals surface area contributed by atoms with Crippen LogP contribution in [-0.4, -0.2) is 40.4 Å². The number of hydrogen-bond acceptors (Lipinski definition) is 3. The number of rotatable bonds is 7. The predicted octanol–water partition coefficient (Wildman–Crippen LogP) is 2.96. The van der Waals surface area contributed by atoms with Crippen LogP contribution in [0.1, 0.15) is 22.3 Å². The Morgan fingerprint density at radius 3 is 2.03 bits per heavy atom. The summed E-state index contributed by atoms with van der Waals surface area (Å²) in [5.74, 6) is 0.492. The molecular weight excluding hydrogens is 417 g/mol. The van der Waals surface area contributed by atoms with Gasteiger partial charge in [-0.3, -0.25) is 4.99 Å². The van der Waals surface area contributed by atoms with Crippen LogP contribution in [0.5, 0.6) is 0 Å². The largest absolute Gasteiger partial charge is 0.416 e. The number of nitrogens with zero attached hydrogens (tertiary/aromatic N) is 2. The van der Waals surface area contributed by atoms with E-state index >= 15 is 0 Å². The highest BCUT2D eigenvalue weighted by Crippen LogP contribution is 2.29. The monoisotopic (exact) mass is 442 g/mol. The van der Waals surface area contributed by atoms with Crippen molar-refractivity contribution < 1.29 is 21.6 Å². The maximum atomic E-state index is 12.7. The molecule has 0 atom stereocenters. The lowest BCUT2D eigenvalue weighted by molar-refractivity contribution is -0.137. The zero-order chi connectivity index (χ0) is 22.4. The molecule has 0 spiro atoms. The Hall–Kier alpha value is -2.59. The van der Waals surface area contributed by atoms with Crippen molar-refractivity contribution in [2.75, 3.05) is 21.1 Å². The quantitative estimate of drug-likeness (QED) is 0.511. The minimum atomic E-state index is -4.35. The van der Waals surface area contributed by atoms with Gasteiger partial charge in [0.05, 0.1) is 11.3 Å². The molecule has 0 aliphatic carbocycles. The number of alkyl halides is 3. The van der Waals surface area contributed by atoms with Gasteiger partial charge in [-0.15, -0.1) is 0 Å². The van der Waals surface area contributed by atoms with Crippen LogP contribution in [0.4, 0.5) is 13.2 Å². The average molecular weight is 443 g/mol. The zero-order valence-electron chi connectivity index (χ0n) is 17.0. The molecule has 0 bridgehead atoms. The lowest BCUT2D eigenvalue weighted by atomic mass is 10.1. The van der Waals surface area contributed by atoms with E-state index in [1.807, 2.05) is 12.1 Å². The Labute approximate surface area is 174 Å². The molecule has 10 heteroatoms. The first kappa shape index (κ1) is 23.7. The molecule has 0 radical (unpaired) electrons. The topological polar surface area (TPSA) is 73.8 Å². The molecule has 0 saturated heterocycles. The van der Waals surface area contributed by atoms with Crippen molar-refractivity contribution in [3.8, 4) is 0 Å². The van der Waals surface area contributed by atoms with Gasteiger partial charge in [0.15, 0.2) is 5.96 Å². The molecule has 0 heterocycles. The molecular formula is C20H25F3N4O2S. The van der Waals surface area contributed by atoms with Crippen molar-refractivity contribution in [3.05, 3.63) is 70.8 Å². The Morgan fingerprint density at radius 2 is 1.53 bits per heavy atom. The van der Waals surface area contributed by atoms with Crippen LogP contribution in [0.25, 0.3) is 0 Å². The Kier molecular flexibility index (Phi) is 7.85. The van der Waals surface area contributed by atoms with Crippen molar-refractivity contribution in [1.82, 2.24) is 14.9 Å². The summed E-state index contributed by atoms with van der Waals surface area (Å²) >= 11 is 0. The molecule has 6 nitrogen and oxygen atoms in total. The molecule has 0 fully saturated rings. The molecule has 0 amide bonds. The molecule has 0 aromatic heterocycles. The third-order valence-corrected chi connectivity index (χ3v) is 5.75. The second kappa shape index (κ2) is 9.94. The molecule has 0 unspecified atom stereocenters. The number of benzene rings is 2. The number of nitrogens with one attached hydrogen (secondary N) is 2. The van der Waals surface area contributed by atoms with Gasteiger partial charge in [-0.25, -0.2) is 13.1 Å².